The topological polar surface area (TPSA) is 117 Å². The van der Waals surface area contributed by atoms with Crippen molar-refractivity contribution < 1.29 is 4.79 Å². The maximum atomic E-state index is 11.7. The van der Waals surface area contributed by atoms with Crippen LogP contribution in [0.2, 0.25) is 0 Å². The molecule has 114 valence electrons. The number of rotatable bonds is 5. The molecule has 0 aliphatic carbocycles. The molecular weight excluding hydrogens is 288 g/mol. The predicted molar refractivity (Wildman–Crippen MR) is 79.1 cm³/mol. The normalized spacial score (nSPS) is 11.7. The highest BCUT2D eigenvalue weighted by Crippen LogP contribution is 2.22. The fraction of sp³-hybridized carbons (Fsp3) is 0.286. The van der Waals surface area contributed by atoms with Gasteiger partial charge in [-0.2, -0.15) is 4.99 Å². The number of aliphatic imine (C=N–C) groups is 1. The maximum Gasteiger partial charge on any atom is 0.338 e. The molecule has 0 saturated heterocycles. The molecule has 1 unspecified atom stereocenters. The smallest absolute Gasteiger partial charge is 0.258 e. The highest BCUT2D eigenvalue weighted by atomic mass is 16.2. The molecule has 0 bridgehead atoms. The largest absolute Gasteiger partial charge is 0.338 e. The number of H-pyrrole nitrogens is 2. The summed E-state index contributed by atoms with van der Waals surface area (Å²) < 4.78 is 0.809. The molecule has 0 saturated carbocycles. The second kappa shape index (κ2) is 6.64. The molecule has 2 aromatic rings. The SMILES string of the molecule is CCCC(N=C=O)c1ccc(-n2c(=O)[nH]c(=O)[nH]c2=O)cc1. The number of aromatic nitrogens is 3. The van der Waals surface area contributed by atoms with E-state index in [4.69, 9.17) is 0 Å². The first kappa shape index (κ1) is 15.4. The lowest BCUT2D eigenvalue weighted by Crippen LogP contribution is -2.42. The zero-order valence-corrected chi connectivity index (χ0v) is 11.8. The van der Waals surface area contributed by atoms with Crippen molar-refractivity contribution in [3.05, 3.63) is 61.3 Å². The molecule has 1 aromatic heterocycles. The third kappa shape index (κ3) is 3.18. The number of nitrogens with one attached hydrogen (secondary N) is 2. The molecule has 8 heteroatoms. The van der Waals surface area contributed by atoms with Gasteiger partial charge in [-0.05, 0) is 24.1 Å². The Kier molecular flexibility index (Phi) is 4.65. The zero-order valence-electron chi connectivity index (χ0n) is 11.8. The van der Waals surface area contributed by atoms with Crippen LogP contribution in [0.15, 0.2) is 43.6 Å². The Morgan fingerprint density at radius 2 is 1.73 bits per heavy atom. The van der Waals surface area contributed by atoms with Crippen LogP contribution in [0, 0.1) is 0 Å². The maximum absolute atomic E-state index is 11.7. The quantitative estimate of drug-likeness (QED) is 0.613. The van der Waals surface area contributed by atoms with Crippen LogP contribution in [0.5, 0.6) is 0 Å². The predicted octanol–water partition coefficient (Wildman–Crippen LogP) is 0.391. The summed E-state index contributed by atoms with van der Waals surface area (Å²) in [4.78, 5) is 52.6. The van der Waals surface area contributed by atoms with Gasteiger partial charge in [0.1, 0.15) is 0 Å². The van der Waals surface area contributed by atoms with Crippen molar-refractivity contribution in [2.45, 2.75) is 25.8 Å². The van der Waals surface area contributed by atoms with E-state index in [1.165, 1.54) is 0 Å². The molecule has 0 aliphatic rings. The van der Waals surface area contributed by atoms with Crippen LogP contribution in [-0.4, -0.2) is 20.6 Å². The fourth-order valence-electron chi connectivity index (χ4n) is 2.15. The van der Waals surface area contributed by atoms with Crippen LogP contribution in [0.1, 0.15) is 31.4 Å². The van der Waals surface area contributed by atoms with Crippen LogP contribution in [0.4, 0.5) is 0 Å². The van der Waals surface area contributed by atoms with Crippen molar-refractivity contribution in [1.82, 2.24) is 14.5 Å². The lowest BCUT2D eigenvalue weighted by atomic mass is 10.0. The van der Waals surface area contributed by atoms with Crippen molar-refractivity contribution in [3.63, 3.8) is 0 Å². The van der Waals surface area contributed by atoms with Gasteiger partial charge < -0.3 is 0 Å². The van der Waals surface area contributed by atoms with Gasteiger partial charge >= 0.3 is 17.1 Å². The van der Waals surface area contributed by atoms with E-state index in [1.54, 1.807) is 30.3 Å². The molecule has 8 nitrogen and oxygen atoms in total. The van der Waals surface area contributed by atoms with E-state index in [-0.39, 0.29) is 6.04 Å². The average molecular weight is 302 g/mol. The van der Waals surface area contributed by atoms with Crippen LogP contribution >= 0.6 is 0 Å². The Labute approximate surface area is 124 Å². The monoisotopic (exact) mass is 302 g/mol. The molecular formula is C14H14N4O4. The highest BCUT2D eigenvalue weighted by Gasteiger charge is 2.11. The number of benzene rings is 1. The van der Waals surface area contributed by atoms with E-state index in [2.05, 4.69) is 4.99 Å². The van der Waals surface area contributed by atoms with E-state index in [1.807, 2.05) is 16.9 Å². The molecule has 22 heavy (non-hydrogen) atoms. The lowest BCUT2D eigenvalue weighted by molar-refractivity contribution is 0.552. The molecule has 0 amide bonds. The summed E-state index contributed by atoms with van der Waals surface area (Å²) in [7, 11) is 0. The Morgan fingerprint density at radius 3 is 2.23 bits per heavy atom. The van der Waals surface area contributed by atoms with Crippen molar-refractivity contribution >= 4 is 6.08 Å². The van der Waals surface area contributed by atoms with Gasteiger partial charge in [-0.25, -0.2) is 23.7 Å². The summed E-state index contributed by atoms with van der Waals surface area (Å²) in [5, 5.41) is 0. The van der Waals surface area contributed by atoms with Gasteiger partial charge in [-0.15, -0.1) is 0 Å². The van der Waals surface area contributed by atoms with Gasteiger partial charge in [0.15, 0.2) is 0 Å². The van der Waals surface area contributed by atoms with Crippen LogP contribution in [0.3, 0.4) is 0 Å². The van der Waals surface area contributed by atoms with Crippen molar-refractivity contribution in [1.29, 1.82) is 0 Å². The van der Waals surface area contributed by atoms with E-state index >= 15 is 0 Å². The van der Waals surface area contributed by atoms with Gasteiger partial charge in [0.2, 0.25) is 6.08 Å². The van der Waals surface area contributed by atoms with E-state index in [0.717, 1.165) is 16.6 Å². The summed E-state index contributed by atoms with van der Waals surface area (Å²) in [6.07, 6.45) is 3.08. The molecule has 1 heterocycles. The number of isocyanates is 1. The molecule has 0 fully saturated rings. The summed E-state index contributed by atoms with van der Waals surface area (Å²) in [5.74, 6) is 0. The van der Waals surface area contributed by atoms with Gasteiger partial charge in [-0.3, -0.25) is 9.97 Å². The summed E-state index contributed by atoms with van der Waals surface area (Å²) in [5.41, 5.74) is -1.42. The summed E-state index contributed by atoms with van der Waals surface area (Å²) in [6, 6.07) is 6.14. The Morgan fingerprint density at radius 1 is 1.14 bits per heavy atom. The first-order chi connectivity index (χ1) is 10.6. The molecule has 0 aliphatic heterocycles. The minimum Gasteiger partial charge on any atom is -0.258 e. The fourth-order valence-corrected chi connectivity index (χ4v) is 2.15. The number of aromatic amines is 2. The van der Waals surface area contributed by atoms with Crippen molar-refractivity contribution in [2.75, 3.05) is 0 Å². The Hall–Kier alpha value is -2.99. The number of carbonyl (C=O) groups excluding carboxylic acids is 1. The van der Waals surface area contributed by atoms with Gasteiger partial charge in [0, 0.05) is 0 Å². The minimum atomic E-state index is -0.855. The van der Waals surface area contributed by atoms with E-state index < -0.39 is 17.1 Å². The third-order valence-corrected chi connectivity index (χ3v) is 3.15. The number of hydrogen-bond acceptors (Lipinski definition) is 5. The average Bonchev–Trinajstić information content (AvgIpc) is 2.47. The first-order valence-electron chi connectivity index (χ1n) is 6.69. The van der Waals surface area contributed by atoms with E-state index in [9.17, 15) is 19.2 Å². The van der Waals surface area contributed by atoms with Gasteiger partial charge in [-0.1, -0.05) is 25.5 Å². The van der Waals surface area contributed by atoms with Crippen LogP contribution < -0.4 is 17.1 Å². The summed E-state index contributed by atoms with van der Waals surface area (Å²) >= 11 is 0. The Balaban J connectivity index is 2.45. The number of nitrogens with zero attached hydrogens (tertiary/aromatic N) is 2. The highest BCUT2D eigenvalue weighted by molar-refractivity contribution is 5.38. The van der Waals surface area contributed by atoms with E-state index in [0.29, 0.717) is 12.1 Å². The van der Waals surface area contributed by atoms with Crippen molar-refractivity contribution in [3.8, 4) is 5.69 Å². The van der Waals surface area contributed by atoms with Crippen LogP contribution in [-0.2, 0) is 4.79 Å². The molecule has 2 rings (SSSR count). The minimum absolute atomic E-state index is 0.302. The molecule has 0 spiro atoms. The second-order valence-corrected chi connectivity index (χ2v) is 4.64. The third-order valence-electron chi connectivity index (χ3n) is 3.15. The molecule has 0 radical (unpaired) electrons. The molecule has 1 aromatic carbocycles. The zero-order chi connectivity index (χ0) is 16.1. The molecule has 1 atom stereocenters. The molecule has 2 N–H and O–H groups in total. The lowest BCUT2D eigenvalue weighted by Gasteiger charge is -2.10. The Bertz CT molecular complexity index is 835. The van der Waals surface area contributed by atoms with Gasteiger partial charge in [0.25, 0.3) is 0 Å². The first-order valence-corrected chi connectivity index (χ1v) is 6.69. The van der Waals surface area contributed by atoms with Crippen LogP contribution in [0.25, 0.3) is 5.69 Å². The van der Waals surface area contributed by atoms with Crippen molar-refractivity contribution in [2.24, 2.45) is 4.99 Å². The van der Waals surface area contributed by atoms with Gasteiger partial charge in [0.05, 0.1) is 11.7 Å². The second-order valence-electron chi connectivity index (χ2n) is 4.64. The standard InChI is InChI=1S/C14H14N4O4/c1-2-3-11(15-8-19)9-4-6-10(7-5-9)18-13(21)16-12(20)17-14(18)22/h4-7,11H,2-3H2,1H3,(H2,16,17,20,21,22). The number of hydrogen-bond donors (Lipinski definition) is 2. The summed E-state index contributed by atoms with van der Waals surface area (Å²) in [6.45, 7) is 1.97.